The highest BCUT2D eigenvalue weighted by Gasteiger charge is 2.09. The van der Waals surface area contributed by atoms with Crippen LogP contribution in [-0.4, -0.2) is 14.9 Å². The van der Waals surface area contributed by atoms with Gasteiger partial charge in [-0.15, -0.1) is 17.0 Å². The van der Waals surface area contributed by atoms with Crippen molar-refractivity contribution >= 4 is 22.7 Å². The predicted octanol–water partition coefficient (Wildman–Crippen LogP) is 0.256. The second-order valence-electron chi connectivity index (χ2n) is 1.52. The highest BCUT2D eigenvalue weighted by molar-refractivity contribution is 8.93. The van der Waals surface area contributed by atoms with Crippen LogP contribution in [0.1, 0.15) is 0 Å². The van der Waals surface area contributed by atoms with Gasteiger partial charge >= 0.3 is 11.2 Å². The average Bonchev–Trinajstić information content (AvgIpc) is 1.88. The molecule has 1 aromatic heterocycles. The molecule has 0 unspecified atom stereocenters. The molecule has 60 valence electrons. The molecule has 0 saturated heterocycles. The monoisotopic (exact) mass is 221 g/mol. The number of nitrogens with one attached hydrogen (secondary N) is 1. The van der Waals surface area contributed by atoms with Gasteiger partial charge in [-0.2, -0.15) is 0 Å². The van der Waals surface area contributed by atoms with Gasteiger partial charge in [-0.25, -0.2) is 4.98 Å². The van der Waals surface area contributed by atoms with Gasteiger partial charge in [-0.3, -0.25) is 14.9 Å². The third-order valence-electron chi connectivity index (χ3n) is 0.896. The lowest BCUT2D eigenvalue weighted by Gasteiger charge is -1.84. The smallest absolute Gasteiger partial charge is 0.307 e. The Morgan fingerprint density at radius 3 is 2.64 bits per heavy atom. The van der Waals surface area contributed by atoms with E-state index in [4.69, 9.17) is 0 Å². The Labute approximate surface area is 71.2 Å². The van der Waals surface area contributed by atoms with Gasteiger partial charge < -0.3 is 4.98 Å². The number of halogens is 1. The summed E-state index contributed by atoms with van der Waals surface area (Å²) in [4.78, 5) is 25.1. The molecule has 0 radical (unpaired) electrons. The highest BCUT2D eigenvalue weighted by atomic mass is 79.9. The number of aromatic amines is 1. The third kappa shape index (κ3) is 2.11. The molecule has 0 amide bonds. The van der Waals surface area contributed by atoms with E-state index in [1.165, 1.54) is 0 Å². The fourth-order valence-electron chi connectivity index (χ4n) is 0.466. The lowest BCUT2D eigenvalue weighted by atomic mass is 10.5. The molecule has 11 heavy (non-hydrogen) atoms. The summed E-state index contributed by atoms with van der Waals surface area (Å²) in [5.74, 6) is 0. The van der Waals surface area contributed by atoms with Crippen LogP contribution in [0.25, 0.3) is 0 Å². The molecular formula is C4H4BrN3O3. The van der Waals surface area contributed by atoms with Crippen LogP contribution in [0.4, 0.5) is 5.69 Å². The minimum absolute atomic E-state index is 0. The molecule has 0 aliphatic rings. The van der Waals surface area contributed by atoms with Crippen molar-refractivity contribution in [3.63, 3.8) is 0 Å². The molecule has 1 aromatic rings. The second kappa shape index (κ2) is 3.81. The van der Waals surface area contributed by atoms with Gasteiger partial charge in [0.05, 0.1) is 11.3 Å². The van der Waals surface area contributed by atoms with Crippen molar-refractivity contribution in [1.82, 2.24) is 9.97 Å². The van der Waals surface area contributed by atoms with E-state index < -0.39 is 16.2 Å². The Morgan fingerprint density at radius 1 is 1.64 bits per heavy atom. The first kappa shape index (κ1) is 9.76. The summed E-state index contributed by atoms with van der Waals surface area (Å²) >= 11 is 0. The van der Waals surface area contributed by atoms with Crippen LogP contribution in [0, 0.1) is 10.1 Å². The number of hydrogen-bond acceptors (Lipinski definition) is 4. The van der Waals surface area contributed by atoms with Crippen LogP contribution in [0.2, 0.25) is 0 Å². The van der Waals surface area contributed by atoms with Crippen LogP contribution < -0.4 is 5.56 Å². The van der Waals surface area contributed by atoms with Gasteiger partial charge in [-0.05, 0) is 0 Å². The summed E-state index contributed by atoms with van der Waals surface area (Å²) in [5, 5.41) is 9.97. The third-order valence-corrected chi connectivity index (χ3v) is 0.896. The molecule has 0 spiro atoms. The summed E-state index contributed by atoms with van der Waals surface area (Å²) in [6, 6.07) is 0. The van der Waals surface area contributed by atoms with E-state index in [9.17, 15) is 14.9 Å². The van der Waals surface area contributed by atoms with E-state index in [0.29, 0.717) is 0 Å². The SMILES string of the molecule is Br.O=c1[nH]cncc1[N+](=O)[O-]. The molecule has 0 aliphatic carbocycles. The molecule has 0 saturated carbocycles. The van der Waals surface area contributed by atoms with E-state index in [1.54, 1.807) is 0 Å². The molecule has 1 rings (SSSR count). The Morgan fingerprint density at radius 2 is 2.27 bits per heavy atom. The Bertz CT molecular complexity index is 309. The topological polar surface area (TPSA) is 88.9 Å². The first-order valence-corrected chi connectivity index (χ1v) is 2.39. The molecule has 1 heterocycles. The normalized spacial score (nSPS) is 8.36. The standard InChI is InChI=1S/C4H3N3O3.BrH/c8-4-3(7(9)10)1-5-2-6-4;/h1-2H,(H,5,6,8);1H. The maximum Gasteiger partial charge on any atom is 0.351 e. The van der Waals surface area contributed by atoms with Crippen LogP contribution >= 0.6 is 17.0 Å². The molecule has 7 heteroatoms. The molecule has 1 N–H and O–H groups in total. The molecule has 0 atom stereocenters. The number of nitrogens with zero attached hydrogens (tertiary/aromatic N) is 2. The van der Waals surface area contributed by atoms with Crippen molar-refractivity contribution in [3.05, 3.63) is 33.0 Å². The largest absolute Gasteiger partial charge is 0.351 e. The minimum atomic E-state index is -0.786. The quantitative estimate of drug-likeness (QED) is 0.544. The second-order valence-corrected chi connectivity index (χ2v) is 1.52. The Kier molecular flexibility index (Phi) is 3.38. The van der Waals surface area contributed by atoms with Gasteiger partial charge in [0.25, 0.3) is 0 Å². The molecule has 0 aliphatic heterocycles. The zero-order valence-corrected chi connectivity index (χ0v) is 6.90. The lowest BCUT2D eigenvalue weighted by molar-refractivity contribution is -0.386. The van der Waals surface area contributed by atoms with E-state index in [0.717, 1.165) is 12.5 Å². The van der Waals surface area contributed by atoms with Crippen LogP contribution in [-0.2, 0) is 0 Å². The van der Waals surface area contributed by atoms with Crippen molar-refractivity contribution in [2.24, 2.45) is 0 Å². The minimum Gasteiger partial charge on any atom is -0.307 e. The molecular weight excluding hydrogens is 218 g/mol. The van der Waals surface area contributed by atoms with Gasteiger partial charge in [0.1, 0.15) is 6.20 Å². The van der Waals surface area contributed by atoms with Crippen molar-refractivity contribution in [2.75, 3.05) is 0 Å². The summed E-state index contributed by atoms with van der Waals surface area (Å²) in [6.07, 6.45) is 1.99. The number of hydrogen-bond donors (Lipinski definition) is 1. The van der Waals surface area contributed by atoms with E-state index in [2.05, 4.69) is 9.97 Å². The number of aromatic nitrogens is 2. The summed E-state index contributed by atoms with van der Waals surface area (Å²) < 4.78 is 0. The summed E-state index contributed by atoms with van der Waals surface area (Å²) in [5.41, 5.74) is -1.28. The summed E-state index contributed by atoms with van der Waals surface area (Å²) in [7, 11) is 0. The van der Waals surface area contributed by atoms with Gasteiger partial charge in [0, 0.05) is 0 Å². The first-order valence-electron chi connectivity index (χ1n) is 2.39. The first-order chi connectivity index (χ1) is 4.72. The fraction of sp³-hybridized carbons (Fsp3) is 0. The zero-order valence-electron chi connectivity index (χ0n) is 5.18. The van der Waals surface area contributed by atoms with Crippen molar-refractivity contribution in [3.8, 4) is 0 Å². The maximum absolute atomic E-state index is 10.5. The Hall–Kier alpha value is -1.24. The number of H-pyrrole nitrogens is 1. The van der Waals surface area contributed by atoms with E-state index in [-0.39, 0.29) is 17.0 Å². The van der Waals surface area contributed by atoms with Gasteiger partial charge in [-0.1, -0.05) is 0 Å². The Balaban J connectivity index is 0.000001000. The molecule has 0 aromatic carbocycles. The summed E-state index contributed by atoms with van der Waals surface area (Å²) in [6.45, 7) is 0. The van der Waals surface area contributed by atoms with Crippen molar-refractivity contribution in [1.29, 1.82) is 0 Å². The molecule has 0 fully saturated rings. The number of nitro groups is 1. The van der Waals surface area contributed by atoms with Gasteiger partial charge in [0.15, 0.2) is 0 Å². The van der Waals surface area contributed by atoms with Gasteiger partial charge in [0.2, 0.25) is 0 Å². The van der Waals surface area contributed by atoms with Crippen molar-refractivity contribution in [2.45, 2.75) is 0 Å². The molecule has 0 bridgehead atoms. The molecule has 6 nitrogen and oxygen atoms in total. The van der Waals surface area contributed by atoms with Crippen molar-refractivity contribution < 1.29 is 4.92 Å². The lowest BCUT2D eigenvalue weighted by Crippen LogP contribution is -2.10. The van der Waals surface area contributed by atoms with Crippen LogP contribution in [0.3, 0.4) is 0 Å². The number of rotatable bonds is 1. The van der Waals surface area contributed by atoms with E-state index >= 15 is 0 Å². The zero-order chi connectivity index (χ0) is 7.56. The van der Waals surface area contributed by atoms with E-state index in [1.807, 2.05) is 0 Å². The predicted molar refractivity (Wildman–Crippen MR) is 41.8 cm³/mol. The van der Waals surface area contributed by atoms with Crippen LogP contribution in [0.5, 0.6) is 0 Å². The fourth-order valence-corrected chi connectivity index (χ4v) is 0.466. The highest BCUT2D eigenvalue weighted by Crippen LogP contribution is 1.95. The average molecular weight is 222 g/mol. The maximum atomic E-state index is 10.5. The van der Waals surface area contributed by atoms with Crippen LogP contribution in [0.15, 0.2) is 17.3 Å².